The maximum Gasteiger partial charge on any atom is 0.259 e. The van der Waals surface area contributed by atoms with E-state index >= 15 is 0 Å². The highest BCUT2D eigenvalue weighted by Crippen LogP contribution is 2.23. The first-order valence-electron chi connectivity index (χ1n) is 9.23. The number of nitrogens with one attached hydrogen (secondary N) is 2. The largest absolute Gasteiger partial charge is 0.488 e. The van der Waals surface area contributed by atoms with E-state index in [0.29, 0.717) is 34.1 Å². The molecule has 0 aromatic heterocycles. The molecule has 0 aliphatic heterocycles. The van der Waals surface area contributed by atoms with Crippen LogP contribution in [0.3, 0.4) is 0 Å². The molecule has 29 heavy (non-hydrogen) atoms. The van der Waals surface area contributed by atoms with Gasteiger partial charge in [-0.15, -0.1) is 0 Å². The maximum atomic E-state index is 12.8. The van der Waals surface area contributed by atoms with Crippen molar-refractivity contribution in [2.45, 2.75) is 13.5 Å². The van der Waals surface area contributed by atoms with Gasteiger partial charge in [-0.1, -0.05) is 48.0 Å². The van der Waals surface area contributed by atoms with Gasteiger partial charge in [0.1, 0.15) is 12.4 Å². The third kappa shape index (κ3) is 5.36. The third-order valence-electron chi connectivity index (χ3n) is 4.19. The standard InChI is InChI=1S/C23H21ClN2O3/c1-2-25-22(27)16-9-7-10-18(14-16)26-23(28)19-11-4-6-13-21(19)29-15-17-8-3-5-12-20(17)24/h3-14H,2,15H2,1H3,(H,25,27)(H,26,28). The highest BCUT2D eigenvalue weighted by Gasteiger charge is 2.14. The lowest BCUT2D eigenvalue weighted by Gasteiger charge is -2.13. The lowest BCUT2D eigenvalue weighted by Crippen LogP contribution is -2.22. The van der Waals surface area contributed by atoms with E-state index in [1.54, 1.807) is 54.6 Å². The second-order valence-electron chi connectivity index (χ2n) is 6.27. The van der Waals surface area contributed by atoms with Crippen LogP contribution in [-0.2, 0) is 6.61 Å². The van der Waals surface area contributed by atoms with Crippen LogP contribution in [0.4, 0.5) is 5.69 Å². The van der Waals surface area contributed by atoms with Crippen LogP contribution in [0, 0.1) is 0 Å². The molecule has 0 saturated heterocycles. The first kappa shape index (κ1) is 20.4. The van der Waals surface area contributed by atoms with Gasteiger partial charge in [0.2, 0.25) is 0 Å². The third-order valence-corrected chi connectivity index (χ3v) is 4.56. The Labute approximate surface area is 174 Å². The minimum atomic E-state index is -0.326. The first-order chi connectivity index (χ1) is 14.1. The van der Waals surface area contributed by atoms with Crippen LogP contribution in [0.5, 0.6) is 5.75 Å². The van der Waals surface area contributed by atoms with Crippen molar-refractivity contribution in [3.05, 3.63) is 94.5 Å². The van der Waals surface area contributed by atoms with Crippen molar-refractivity contribution in [3.8, 4) is 5.75 Å². The molecule has 3 aromatic rings. The zero-order chi connectivity index (χ0) is 20.6. The number of halogens is 1. The van der Waals surface area contributed by atoms with Gasteiger partial charge in [-0.05, 0) is 43.3 Å². The molecule has 0 fully saturated rings. The molecule has 0 saturated carbocycles. The molecule has 0 atom stereocenters. The lowest BCUT2D eigenvalue weighted by molar-refractivity contribution is 0.0954. The number of hydrogen-bond donors (Lipinski definition) is 2. The van der Waals surface area contributed by atoms with Gasteiger partial charge in [-0.3, -0.25) is 9.59 Å². The molecule has 6 heteroatoms. The van der Waals surface area contributed by atoms with Crippen LogP contribution in [-0.4, -0.2) is 18.4 Å². The summed E-state index contributed by atoms with van der Waals surface area (Å²) in [4.78, 5) is 24.8. The fraction of sp³-hybridized carbons (Fsp3) is 0.130. The Kier molecular flexibility index (Phi) is 6.87. The van der Waals surface area contributed by atoms with Crippen LogP contribution >= 0.6 is 11.6 Å². The normalized spacial score (nSPS) is 10.3. The Morgan fingerprint density at radius 3 is 2.48 bits per heavy atom. The second kappa shape index (κ2) is 9.75. The molecule has 3 aromatic carbocycles. The molecule has 0 unspecified atom stereocenters. The van der Waals surface area contributed by atoms with E-state index in [4.69, 9.17) is 16.3 Å². The Hall–Kier alpha value is -3.31. The lowest BCUT2D eigenvalue weighted by atomic mass is 10.1. The van der Waals surface area contributed by atoms with E-state index in [9.17, 15) is 9.59 Å². The Morgan fingerprint density at radius 2 is 1.69 bits per heavy atom. The predicted octanol–water partition coefficient (Wildman–Crippen LogP) is 4.92. The quantitative estimate of drug-likeness (QED) is 0.583. The van der Waals surface area contributed by atoms with Gasteiger partial charge in [-0.2, -0.15) is 0 Å². The summed E-state index contributed by atoms with van der Waals surface area (Å²) in [5.41, 5.74) is 2.23. The molecule has 5 nitrogen and oxygen atoms in total. The smallest absolute Gasteiger partial charge is 0.259 e. The summed E-state index contributed by atoms with van der Waals surface area (Å²) >= 11 is 6.17. The first-order valence-corrected chi connectivity index (χ1v) is 9.61. The Bertz CT molecular complexity index is 1020. The minimum absolute atomic E-state index is 0.188. The van der Waals surface area contributed by atoms with Crippen LogP contribution < -0.4 is 15.4 Å². The van der Waals surface area contributed by atoms with Gasteiger partial charge >= 0.3 is 0 Å². The monoisotopic (exact) mass is 408 g/mol. The number of benzene rings is 3. The predicted molar refractivity (Wildman–Crippen MR) is 115 cm³/mol. The molecular weight excluding hydrogens is 388 g/mol. The average molecular weight is 409 g/mol. The summed E-state index contributed by atoms with van der Waals surface area (Å²) in [6.45, 7) is 2.63. The van der Waals surface area contributed by atoms with Crippen molar-refractivity contribution >= 4 is 29.1 Å². The second-order valence-corrected chi connectivity index (χ2v) is 6.68. The highest BCUT2D eigenvalue weighted by molar-refractivity contribution is 6.31. The fourth-order valence-electron chi connectivity index (χ4n) is 2.75. The van der Waals surface area contributed by atoms with E-state index in [1.807, 2.05) is 25.1 Å². The molecule has 0 heterocycles. The number of hydrogen-bond acceptors (Lipinski definition) is 3. The summed E-state index contributed by atoms with van der Waals surface area (Å²) in [6, 6.07) is 21.2. The van der Waals surface area contributed by atoms with Crippen LogP contribution in [0.2, 0.25) is 5.02 Å². The van der Waals surface area contributed by atoms with E-state index < -0.39 is 0 Å². The van der Waals surface area contributed by atoms with E-state index in [1.165, 1.54) is 0 Å². The van der Waals surface area contributed by atoms with Crippen LogP contribution in [0.1, 0.15) is 33.2 Å². The molecule has 0 bridgehead atoms. The molecule has 148 valence electrons. The van der Waals surface area contributed by atoms with Crippen molar-refractivity contribution < 1.29 is 14.3 Å². The van der Waals surface area contributed by atoms with E-state index in [0.717, 1.165) is 5.56 Å². The van der Waals surface area contributed by atoms with Crippen molar-refractivity contribution in [1.29, 1.82) is 0 Å². The van der Waals surface area contributed by atoms with Crippen LogP contribution in [0.15, 0.2) is 72.8 Å². The molecule has 3 rings (SSSR count). The summed E-state index contributed by atoms with van der Waals surface area (Å²) < 4.78 is 5.85. The van der Waals surface area contributed by atoms with Crippen molar-refractivity contribution in [2.24, 2.45) is 0 Å². The zero-order valence-corrected chi connectivity index (χ0v) is 16.7. The SMILES string of the molecule is CCNC(=O)c1cccc(NC(=O)c2ccccc2OCc2ccccc2Cl)c1. The minimum Gasteiger partial charge on any atom is -0.488 e. The van der Waals surface area contributed by atoms with E-state index in [2.05, 4.69) is 10.6 Å². The maximum absolute atomic E-state index is 12.8. The number of ether oxygens (including phenoxy) is 1. The highest BCUT2D eigenvalue weighted by atomic mass is 35.5. The van der Waals surface area contributed by atoms with Crippen molar-refractivity contribution in [3.63, 3.8) is 0 Å². The number of carbonyl (C=O) groups is 2. The Balaban J connectivity index is 1.74. The number of carbonyl (C=O) groups excluding carboxylic acids is 2. The van der Waals surface area contributed by atoms with Gasteiger partial charge < -0.3 is 15.4 Å². The molecule has 2 N–H and O–H groups in total. The molecule has 0 aliphatic carbocycles. The van der Waals surface area contributed by atoms with Gasteiger partial charge in [0.25, 0.3) is 11.8 Å². The summed E-state index contributed by atoms with van der Waals surface area (Å²) in [6.07, 6.45) is 0. The molecule has 2 amide bonds. The molecule has 0 aliphatic rings. The fourth-order valence-corrected chi connectivity index (χ4v) is 2.94. The van der Waals surface area contributed by atoms with Crippen molar-refractivity contribution in [2.75, 3.05) is 11.9 Å². The number of para-hydroxylation sites is 1. The van der Waals surface area contributed by atoms with E-state index in [-0.39, 0.29) is 18.4 Å². The average Bonchev–Trinajstić information content (AvgIpc) is 2.74. The zero-order valence-electron chi connectivity index (χ0n) is 15.9. The molecular formula is C23H21ClN2O3. The van der Waals surface area contributed by atoms with Crippen molar-refractivity contribution in [1.82, 2.24) is 5.32 Å². The summed E-state index contributed by atoms with van der Waals surface area (Å²) in [5, 5.41) is 6.17. The molecule has 0 spiro atoms. The van der Waals surface area contributed by atoms with Gasteiger partial charge in [-0.25, -0.2) is 0 Å². The van der Waals surface area contributed by atoms with Crippen LogP contribution in [0.25, 0.3) is 0 Å². The topological polar surface area (TPSA) is 67.4 Å². The molecule has 0 radical (unpaired) electrons. The van der Waals surface area contributed by atoms with Gasteiger partial charge in [0.05, 0.1) is 5.56 Å². The number of amides is 2. The Morgan fingerprint density at radius 1 is 0.931 bits per heavy atom. The number of anilines is 1. The summed E-state index contributed by atoms with van der Waals surface area (Å²) in [7, 11) is 0. The number of rotatable bonds is 7. The summed E-state index contributed by atoms with van der Waals surface area (Å²) in [5.74, 6) is -0.0651. The van der Waals surface area contributed by atoms with Gasteiger partial charge in [0.15, 0.2) is 0 Å². The van der Waals surface area contributed by atoms with Gasteiger partial charge in [0, 0.05) is 28.4 Å².